The first-order chi connectivity index (χ1) is 11.4. The number of fused-ring (bicyclic) bond motifs is 6. The van der Waals surface area contributed by atoms with Crippen LogP contribution in [-0.4, -0.2) is 9.97 Å². The Morgan fingerprint density at radius 1 is 0.652 bits per heavy atom. The van der Waals surface area contributed by atoms with Crippen molar-refractivity contribution in [3.05, 3.63) is 60.2 Å². The molecule has 0 aliphatic heterocycles. The second kappa shape index (κ2) is 3.96. The highest BCUT2D eigenvalue weighted by Gasteiger charge is 2.29. The van der Waals surface area contributed by atoms with E-state index < -0.39 is 0 Å². The maximum atomic E-state index is 3.68. The third kappa shape index (κ3) is 1.48. The molecular weight excluding hydrogens is 280 g/mol. The minimum Gasteiger partial charge on any atom is -0.354 e. The predicted octanol–water partition coefficient (Wildman–Crippen LogP) is 5.83. The summed E-state index contributed by atoms with van der Waals surface area (Å²) >= 11 is 0. The van der Waals surface area contributed by atoms with Gasteiger partial charge in [-0.05, 0) is 37.0 Å². The quantitative estimate of drug-likeness (QED) is 0.390. The van der Waals surface area contributed by atoms with Crippen LogP contribution < -0.4 is 0 Å². The predicted molar refractivity (Wildman–Crippen MR) is 97.1 cm³/mol. The molecule has 0 unspecified atom stereocenters. The van der Waals surface area contributed by atoms with E-state index in [4.69, 9.17) is 0 Å². The van der Waals surface area contributed by atoms with Crippen molar-refractivity contribution in [2.24, 2.45) is 0 Å². The average molecular weight is 296 g/mol. The third-order valence-electron chi connectivity index (χ3n) is 5.31. The summed E-state index contributed by atoms with van der Waals surface area (Å²) in [7, 11) is 0. The molecule has 6 rings (SSSR count). The van der Waals surface area contributed by atoms with Gasteiger partial charge >= 0.3 is 0 Å². The Hall–Kier alpha value is -2.74. The molecule has 0 spiro atoms. The maximum absolute atomic E-state index is 3.68. The second-order valence-corrected chi connectivity index (χ2v) is 6.75. The number of hydrogen-bond acceptors (Lipinski definition) is 0. The Bertz CT molecular complexity index is 1130. The summed E-state index contributed by atoms with van der Waals surface area (Å²) in [6.45, 7) is 0. The number of para-hydroxylation sites is 2. The highest BCUT2D eigenvalue weighted by atomic mass is 14.8. The summed E-state index contributed by atoms with van der Waals surface area (Å²) in [5.74, 6) is 0.697. The minimum absolute atomic E-state index is 0.697. The number of benzene rings is 3. The van der Waals surface area contributed by atoms with E-state index in [1.807, 2.05) is 0 Å². The van der Waals surface area contributed by atoms with Gasteiger partial charge in [0.05, 0.1) is 11.0 Å². The van der Waals surface area contributed by atoms with Crippen LogP contribution in [-0.2, 0) is 0 Å². The van der Waals surface area contributed by atoms with Crippen LogP contribution in [0.2, 0.25) is 0 Å². The number of hydrogen-bond donors (Lipinski definition) is 2. The summed E-state index contributed by atoms with van der Waals surface area (Å²) in [5.41, 5.74) is 6.62. The van der Waals surface area contributed by atoms with Crippen molar-refractivity contribution in [3.63, 3.8) is 0 Å². The van der Waals surface area contributed by atoms with Crippen molar-refractivity contribution in [3.8, 4) is 0 Å². The van der Waals surface area contributed by atoms with Gasteiger partial charge in [0.25, 0.3) is 0 Å². The number of H-pyrrole nitrogens is 2. The molecule has 5 aromatic rings. The van der Waals surface area contributed by atoms with Gasteiger partial charge in [-0.3, -0.25) is 0 Å². The molecule has 2 nitrogen and oxygen atoms in total. The lowest BCUT2D eigenvalue weighted by molar-refractivity contribution is 1.15. The Balaban J connectivity index is 1.92. The molecule has 2 N–H and O–H groups in total. The topological polar surface area (TPSA) is 31.6 Å². The van der Waals surface area contributed by atoms with Gasteiger partial charge in [-0.15, -0.1) is 0 Å². The van der Waals surface area contributed by atoms with Crippen molar-refractivity contribution < 1.29 is 0 Å². The van der Waals surface area contributed by atoms with Gasteiger partial charge in [0.15, 0.2) is 0 Å². The van der Waals surface area contributed by atoms with E-state index in [0.29, 0.717) is 5.92 Å². The first-order valence-electron chi connectivity index (χ1n) is 8.34. The SMILES string of the molecule is c1ccc2c(c1)[nH]c1c(C3CC3)c3[nH]c4ccccc4c3cc12. The van der Waals surface area contributed by atoms with Gasteiger partial charge in [0.1, 0.15) is 0 Å². The van der Waals surface area contributed by atoms with Gasteiger partial charge < -0.3 is 9.97 Å². The normalized spacial score (nSPS) is 15.3. The number of nitrogens with one attached hydrogen (secondary N) is 2. The molecule has 2 aromatic heterocycles. The van der Waals surface area contributed by atoms with Crippen molar-refractivity contribution in [1.82, 2.24) is 9.97 Å². The molecule has 1 aliphatic carbocycles. The Morgan fingerprint density at radius 3 is 1.70 bits per heavy atom. The second-order valence-electron chi connectivity index (χ2n) is 6.75. The summed E-state index contributed by atoms with van der Waals surface area (Å²) in [6.07, 6.45) is 2.61. The summed E-state index contributed by atoms with van der Waals surface area (Å²) in [6, 6.07) is 19.7. The van der Waals surface area contributed by atoms with Crippen LogP contribution >= 0.6 is 0 Å². The molecule has 0 amide bonds. The van der Waals surface area contributed by atoms with E-state index in [1.165, 1.54) is 62.0 Å². The van der Waals surface area contributed by atoms with Gasteiger partial charge in [-0.2, -0.15) is 0 Å². The Labute approximate surface area is 133 Å². The van der Waals surface area contributed by atoms with Crippen molar-refractivity contribution in [2.45, 2.75) is 18.8 Å². The highest BCUT2D eigenvalue weighted by molar-refractivity contribution is 6.19. The zero-order valence-corrected chi connectivity index (χ0v) is 12.7. The third-order valence-corrected chi connectivity index (χ3v) is 5.31. The van der Waals surface area contributed by atoms with Crippen LogP contribution in [0.25, 0.3) is 43.6 Å². The van der Waals surface area contributed by atoms with Gasteiger partial charge in [-0.1, -0.05) is 36.4 Å². The lowest BCUT2D eigenvalue weighted by Gasteiger charge is -2.04. The van der Waals surface area contributed by atoms with Crippen LogP contribution in [0.5, 0.6) is 0 Å². The lowest BCUT2D eigenvalue weighted by Crippen LogP contribution is -1.85. The fourth-order valence-electron chi connectivity index (χ4n) is 4.10. The first-order valence-corrected chi connectivity index (χ1v) is 8.34. The van der Waals surface area contributed by atoms with E-state index in [-0.39, 0.29) is 0 Å². The van der Waals surface area contributed by atoms with Gasteiger partial charge in [0.2, 0.25) is 0 Å². The van der Waals surface area contributed by atoms with E-state index in [1.54, 1.807) is 0 Å². The highest BCUT2D eigenvalue weighted by Crippen LogP contribution is 2.48. The molecule has 2 heterocycles. The van der Waals surface area contributed by atoms with Crippen molar-refractivity contribution in [2.75, 3.05) is 0 Å². The monoisotopic (exact) mass is 296 g/mol. The van der Waals surface area contributed by atoms with E-state index in [0.717, 1.165) is 0 Å². The molecule has 0 radical (unpaired) electrons. The van der Waals surface area contributed by atoms with Gasteiger partial charge in [-0.25, -0.2) is 0 Å². The standard InChI is InChI=1S/C21H16N2/c1-3-7-17-13(5-1)15-11-16-14-6-2-4-8-18(14)23-21(16)19(12-9-10-12)20(15)22-17/h1-8,11-12,22-23H,9-10H2. The minimum atomic E-state index is 0.697. The van der Waals surface area contributed by atoms with Crippen LogP contribution in [0, 0.1) is 0 Å². The maximum Gasteiger partial charge on any atom is 0.0521 e. The van der Waals surface area contributed by atoms with Gasteiger partial charge in [0, 0.05) is 38.1 Å². The van der Waals surface area contributed by atoms with Crippen LogP contribution in [0.4, 0.5) is 0 Å². The summed E-state index contributed by atoms with van der Waals surface area (Å²) < 4.78 is 0. The zero-order chi connectivity index (χ0) is 15.0. The van der Waals surface area contributed by atoms with Crippen molar-refractivity contribution in [1.29, 1.82) is 0 Å². The fraction of sp³-hybridized carbons (Fsp3) is 0.143. The Morgan fingerprint density at radius 2 is 1.17 bits per heavy atom. The molecule has 1 saturated carbocycles. The molecule has 1 aliphatic rings. The molecule has 23 heavy (non-hydrogen) atoms. The molecule has 0 atom stereocenters. The van der Waals surface area contributed by atoms with E-state index in [2.05, 4.69) is 64.6 Å². The zero-order valence-electron chi connectivity index (χ0n) is 12.7. The first kappa shape index (κ1) is 11.8. The molecule has 2 heteroatoms. The van der Waals surface area contributed by atoms with Crippen LogP contribution in [0.15, 0.2) is 54.6 Å². The molecule has 110 valence electrons. The molecular formula is C21H16N2. The Kier molecular flexibility index (Phi) is 2.03. The summed E-state index contributed by atoms with van der Waals surface area (Å²) in [5, 5.41) is 5.38. The van der Waals surface area contributed by atoms with E-state index in [9.17, 15) is 0 Å². The number of aromatic nitrogens is 2. The largest absolute Gasteiger partial charge is 0.354 e. The lowest BCUT2D eigenvalue weighted by atomic mass is 10.0. The molecule has 1 fully saturated rings. The molecule has 3 aromatic carbocycles. The fourth-order valence-corrected chi connectivity index (χ4v) is 4.10. The van der Waals surface area contributed by atoms with Crippen LogP contribution in [0.3, 0.4) is 0 Å². The number of rotatable bonds is 1. The summed E-state index contributed by atoms with van der Waals surface area (Å²) in [4.78, 5) is 7.37. The smallest absolute Gasteiger partial charge is 0.0521 e. The van der Waals surface area contributed by atoms with Crippen LogP contribution in [0.1, 0.15) is 24.3 Å². The number of aromatic amines is 2. The van der Waals surface area contributed by atoms with Crippen molar-refractivity contribution >= 4 is 43.6 Å². The van der Waals surface area contributed by atoms with E-state index >= 15 is 0 Å². The average Bonchev–Trinajstić information content (AvgIpc) is 3.26. The molecule has 0 bridgehead atoms. The molecule has 0 saturated heterocycles.